The lowest BCUT2D eigenvalue weighted by atomic mass is 10.2. The topological polar surface area (TPSA) is 38.7 Å². The first-order chi connectivity index (χ1) is 7.38. The summed E-state index contributed by atoms with van der Waals surface area (Å²) in [7, 11) is 0. The average Bonchev–Trinajstić information content (AvgIpc) is 2.17. The van der Waals surface area contributed by atoms with Crippen molar-refractivity contribution in [2.24, 2.45) is 0 Å². The van der Waals surface area contributed by atoms with E-state index in [1.54, 1.807) is 0 Å². The molecule has 3 nitrogen and oxygen atoms in total. The zero-order valence-corrected chi connectivity index (χ0v) is 8.76. The molecule has 0 amide bonds. The van der Waals surface area contributed by atoms with E-state index in [-0.39, 0.29) is 11.3 Å². The summed E-state index contributed by atoms with van der Waals surface area (Å²) < 4.78 is 37.2. The molecule has 16 heavy (non-hydrogen) atoms. The number of fused-ring (bicyclic) bond motifs is 1. The highest BCUT2D eigenvalue weighted by Gasteiger charge is 2.35. The SMILES string of the molecule is Cc1nc(C(F)(F)F)nc2ncc(Cl)cc12. The number of aryl methyl sites for hydroxylation is 1. The van der Waals surface area contributed by atoms with E-state index in [1.165, 1.54) is 19.2 Å². The molecule has 7 heteroatoms. The van der Waals surface area contributed by atoms with Gasteiger partial charge < -0.3 is 0 Å². The fourth-order valence-electron chi connectivity index (χ4n) is 1.26. The van der Waals surface area contributed by atoms with E-state index in [4.69, 9.17) is 11.6 Å². The van der Waals surface area contributed by atoms with Gasteiger partial charge in [0, 0.05) is 11.6 Å². The highest BCUT2D eigenvalue weighted by Crippen LogP contribution is 2.28. The molecular formula is C9H5ClF3N3. The Labute approximate surface area is 93.3 Å². The van der Waals surface area contributed by atoms with Gasteiger partial charge in [-0.25, -0.2) is 15.0 Å². The van der Waals surface area contributed by atoms with E-state index in [2.05, 4.69) is 15.0 Å². The second-order valence-electron chi connectivity index (χ2n) is 3.16. The Morgan fingerprint density at radius 1 is 1.25 bits per heavy atom. The van der Waals surface area contributed by atoms with Crippen molar-refractivity contribution in [1.29, 1.82) is 0 Å². The Balaban J connectivity index is 2.74. The standard InChI is InChI=1S/C9H5ClF3N3/c1-4-6-2-5(10)3-14-7(6)16-8(15-4)9(11,12)13/h2-3H,1H3. The van der Waals surface area contributed by atoms with Crippen molar-refractivity contribution in [2.75, 3.05) is 0 Å². The highest BCUT2D eigenvalue weighted by atomic mass is 35.5. The highest BCUT2D eigenvalue weighted by molar-refractivity contribution is 6.31. The molecule has 84 valence electrons. The zero-order valence-electron chi connectivity index (χ0n) is 8.01. The molecular weight excluding hydrogens is 243 g/mol. The third kappa shape index (κ3) is 1.92. The first kappa shape index (κ1) is 11.1. The lowest BCUT2D eigenvalue weighted by Crippen LogP contribution is -2.12. The van der Waals surface area contributed by atoms with Crippen LogP contribution in [0, 0.1) is 6.92 Å². The molecule has 0 saturated carbocycles. The van der Waals surface area contributed by atoms with Gasteiger partial charge in [-0.2, -0.15) is 13.2 Å². The Bertz CT molecular complexity index is 553. The quantitative estimate of drug-likeness (QED) is 0.718. The van der Waals surface area contributed by atoms with Crippen LogP contribution in [-0.4, -0.2) is 15.0 Å². The number of aromatic nitrogens is 3. The predicted molar refractivity (Wildman–Crippen MR) is 52.1 cm³/mol. The van der Waals surface area contributed by atoms with Crippen molar-refractivity contribution in [3.05, 3.63) is 28.8 Å². The minimum atomic E-state index is -4.57. The first-order valence-corrected chi connectivity index (χ1v) is 4.63. The van der Waals surface area contributed by atoms with E-state index in [9.17, 15) is 13.2 Å². The molecule has 2 heterocycles. The van der Waals surface area contributed by atoms with Crippen molar-refractivity contribution in [2.45, 2.75) is 13.1 Å². The summed E-state index contributed by atoms with van der Waals surface area (Å²) in [4.78, 5) is 10.5. The molecule has 2 rings (SSSR count). The number of hydrogen-bond donors (Lipinski definition) is 0. The van der Waals surface area contributed by atoms with Gasteiger partial charge in [0.2, 0.25) is 5.82 Å². The van der Waals surface area contributed by atoms with Crippen LogP contribution in [0.15, 0.2) is 12.3 Å². The minimum Gasteiger partial charge on any atom is -0.235 e. The molecule has 0 radical (unpaired) electrons. The number of pyridine rings is 1. The number of halogens is 4. The van der Waals surface area contributed by atoms with E-state index < -0.39 is 12.0 Å². The van der Waals surface area contributed by atoms with Crippen LogP contribution in [0.3, 0.4) is 0 Å². The monoisotopic (exact) mass is 247 g/mol. The summed E-state index contributed by atoms with van der Waals surface area (Å²) in [6, 6.07) is 1.49. The summed E-state index contributed by atoms with van der Waals surface area (Å²) in [6.07, 6.45) is -3.32. The maximum Gasteiger partial charge on any atom is 0.451 e. The summed E-state index contributed by atoms with van der Waals surface area (Å²) in [5, 5.41) is 0.749. The largest absolute Gasteiger partial charge is 0.451 e. The number of nitrogens with zero attached hydrogens (tertiary/aromatic N) is 3. The molecule has 2 aromatic rings. The van der Waals surface area contributed by atoms with E-state index in [0.717, 1.165) is 0 Å². The molecule has 0 aliphatic heterocycles. The molecule has 0 atom stereocenters. The van der Waals surface area contributed by atoms with E-state index in [1.807, 2.05) is 0 Å². The van der Waals surface area contributed by atoms with Crippen molar-refractivity contribution < 1.29 is 13.2 Å². The normalized spacial score (nSPS) is 12.1. The van der Waals surface area contributed by atoms with E-state index in [0.29, 0.717) is 10.4 Å². The third-order valence-electron chi connectivity index (χ3n) is 1.96. The molecule has 0 fully saturated rings. The van der Waals surface area contributed by atoms with Gasteiger partial charge in [-0.3, -0.25) is 0 Å². The Hall–Kier alpha value is -1.43. The Morgan fingerprint density at radius 2 is 1.94 bits per heavy atom. The third-order valence-corrected chi connectivity index (χ3v) is 2.17. The van der Waals surface area contributed by atoms with Gasteiger partial charge in [0.1, 0.15) is 0 Å². The van der Waals surface area contributed by atoms with Gasteiger partial charge >= 0.3 is 6.18 Å². The number of hydrogen-bond acceptors (Lipinski definition) is 3. The molecule has 0 unspecified atom stereocenters. The average molecular weight is 248 g/mol. The van der Waals surface area contributed by atoms with Crippen LogP contribution in [0.25, 0.3) is 11.0 Å². The first-order valence-electron chi connectivity index (χ1n) is 4.25. The van der Waals surface area contributed by atoms with Crippen LogP contribution in [0.1, 0.15) is 11.5 Å². The molecule has 0 N–H and O–H groups in total. The maximum absolute atomic E-state index is 12.4. The molecule has 0 aliphatic rings. The number of alkyl halides is 3. The lowest BCUT2D eigenvalue weighted by molar-refractivity contribution is -0.144. The van der Waals surface area contributed by atoms with Gasteiger partial charge in [0.05, 0.1) is 10.7 Å². The molecule has 0 aliphatic carbocycles. The lowest BCUT2D eigenvalue weighted by Gasteiger charge is -2.07. The van der Waals surface area contributed by atoms with Crippen LogP contribution >= 0.6 is 11.6 Å². The van der Waals surface area contributed by atoms with Crippen LogP contribution in [0.2, 0.25) is 5.02 Å². The van der Waals surface area contributed by atoms with Crippen LogP contribution < -0.4 is 0 Å². The molecule has 2 aromatic heterocycles. The van der Waals surface area contributed by atoms with Crippen LogP contribution in [-0.2, 0) is 6.18 Å². The number of rotatable bonds is 0. The Morgan fingerprint density at radius 3 is 2.56 bits per heavy atom. The second kappa shape index (κ2) is 3.55. The molecule has 0 spiro atoms. The summed E-state index contributed by atoms with van der Waals surface area (Å²) in [5.74, 6) is -1.19. The Kier molecular flexibility index (Phi) is 2.46. The fraction of sp³-hybridized carbons (Fsp3) is 0.222. The van der Waals surface area contributed by atoms with Gasteiger partial charge in [-0.15, -0.1) is 0 Å². The van der Waals surface area contributed by atoms with Crippen LogP contribution in [0.5, 0.6) is 0 Å². The molecule has 0 saturated heterocycles. The van der Waals surface area contributed by atoms with Gasteiger partial charge in [-0.05, 0) is 13.0 Å². The molecule has 0 aromatic carbocycles. The molecule has 0 bridgehead atoms. The van der Waals surface area contributed by atoms with Crippen molar-refractivity contribution in [3.63, 3.8) is 0 Å². The van der Waals surface area contributed by atoms with Crippen molar-refractivity contribution in [1.82, 2.24) is 15.0 Å². The fourth-order valence-corrected chi connectivity index (χ4v) is 1.42. The van der Waals surface area contributed by atoms with Crippen LogP contribution in [0.4, 0.5) is 13.2 Å². The van der Waals surface area contributed by atoms with Crippen molar-refractivity contribution in [3.8, 4) is 0 Å². The zero-order chi connectivity index (χ0) is 11.9. The van der Waals surface area contributed by atoms with E-state index >= 15 is 0 Å². The van der Waals surface area contributed by atoms with Gasteiger partial charge in [-0.1, -0.05) is 11.6 Å². The van der Waals surface area contributed by atoms with Gasteiger partial charge in [0.15, 0.2) is 5.65 Å². The predicted octanol–water partition coefficient (Wildman–Crippen LogP) is 3.01. The smallest absolute Gasteiger partial charge is 0.235 e. The summed E-state index contributed by atoms with van der Waals surface area (Å²) in [5.41, 5.74) is 0.191. The summed E-state index contributed by atoms with van der Waals surface area (Å²) >= 11 is 5.68. The van der Waals surface area contributed by atoms with Crippen molar-refractivity contribution >= 4 is 22.6 Å². The summed E-state index contributed by atoms with van der Waals surface area (Å²) in [6.45, 7) is 1.46. The maximum atomic E-state index is 12.4. The minimum absolute atomic E-state index is 0.00998. The van der Waals surface area contributed by atoms with Gasteiger partial charge in [0.25, 0.3) is 0 Å². The second-order valence-corrected chi connectivity index (χ2v) is 3.59.